The zero-order chi connectivity index (χ0) is 30.1. The van der Waals surface area contributed by atoms with Crippen molar-refractivity contribution in [2.24, 2.45) is 0 Å². The molecule has 216 valence electrons. The van der Waals surface area contributed by atoms with Gasteiger partial charge in [-0.2, -0.15) is 0 Å². The van der Waals surface area contributed by atoms with Crippen molar-refractivity contribution >= 4 is 22.5 Å². The number of anilines is 2. The van der Waals surface area contributed by atoms with Crippen LogP contribution in [0.1, 0.15) is 16.8 Å². The predicted octanol–water partition coefficient (Wildman–Crippen LogP) is 6.77. The third-order valence-corrected chi connectivity index (χ3v) is 6.95. The summed E-state index contributed by atoms with van der Waals surface area (Å²) in [6, 6.07) is 18.5. The van der Waals surface area contributed by atoms with Gasteiger partial charge in [-0.25, -0.2) is 28.7 Å². The predicted molar refractivity (Wildman–Crippen MR) is 161 cm³/mol. The lowest BCUT2D eigenvalue weighted by Gasteiger charge is -2.16. The Kier molecular flexibility index (Phi) is 7.29. The van der Waals surface area contributed by atoms with Gasteiger partial charge < -0.3 is 20.5 Å². The van der Waals surface area contributed by atoms with Crippen LogP contribution in [-0.4, -0.2) is 31.6 Å². The Labute approximate surface area is 246 Å². The van der Waals surface area contributed by atoms with E-state index in [0.29, 0.717) is 51.6 Å². The highest BCUT2D eigenvalue weighted by atomic mass is 19.1. The molecule has 0 spiro atoms. The van der Waals surface area contributed by atoms with E-state index in [-0.39, 0.29) is 17.4 Å². The fraction of sp³-hybridized carbons (Fsp3) is 0.125. The maximum Gasteiger partial charge on any atom is 0.322 e. The Hall–Kier alpha value is -5.58. The molecular weight excluding hydrogens is 552 g/mol. The van der Waals surface area contributed by atoms with E-state index in [1.807, 2.05) is 37.3 Å². The second-order valence-electron chi connectivity index (χ2n) is 9.87. The Morgan fingerprint density at radius 3 is 2.37 bits per heavy atom. The fourth-order valence-corrected chi connectivity index (χ4v) is 4.97. The molecule has 0 aliphatic heterocycles. The Bertz CT molecular complexity index is 1940. The molecular formula is C32H27F2N7O2. The van der Waals surface area contributed by atoms with Gasteiger partial charge in [-0.3, -0.25) is 4.57 Å². The number of rotatable bonds is 8. The van der Waals surface area contributed by atoms with E-state index in [2.05, 4.69) is 25.3 Å². The molecule has 0 aliphatic rings. The van der Waals surface area contributed by atoms with E-state index in [1.54, 1.807) is 38.3 Å². The van der Waals surface area contributed by atoms with Crippen LogP contribution in [0.2, 0.25) is 0 Å². The molecule has 3 aromatic heterocycles. The van der Waals surface area contributed by atoms with Crippen LogP contribution in [0, 0.1) is 25.5 Å². The second-order valence-corrected chi connectivity index (χ2v) is 9.87. The summed E-state index contributed by atoms with van der Waals surface area (Å²) < 4.78 is 44.5. The number of halogens is 2. The molecule has 3 aromatic carbocycles. The molecule has 11 heteroatoms. The molecule has 0 saturated carbocycles. The molecule has 0 unspecified atom stereocenters. The van der Waals surface area contributed by atoms with Crippen molar-refractivity contribution in [3.8, 4) is 34.5 Å². The van der Waals surface area contributed by atoms with Crippen LogP contribution in [0.4, 0.5) is 20.3 Å². The molecule has 3 heterocycles. The van der Waals surface area contributed by atoms with E-state index in [9.17, 15) is 0 Å². The van der Waals surface area contributed by atoms with Crippen molar-refractivity contribution in [2.75, 3.05) is 18.2 Å². The average Bonchev–Trinajstić information content (AvgIpc) is 3.28. The fourth-order valence-electron chi connectivity index (χ4n) is 4.97. The largest absolute Gasteiger partial charge is 0.497 e. The number of nitrogens with zero attached hydrogens (tertiary/aromatic N) is 5. The minimum Gasteiger partial charge on any atom is -0.497 e. The number of methoxy groups -OCH3 is 1. The van der Waals surface area contributed by atoms with Gasteiger partial charge in [-0.1, -0.05) is 24.3 Å². The molecule has 0 atom stereocenters. The quantitative estimate of drug-likeness (QED) is 0.190. The summed E-state index contributed by atoms with van der Waals surface area (Å²) in [6.45, 7) is 4.00. The molecule has 0 amide bonds. The molecule has 0 fully saturated rings. The molecule has 0 saturated heterocycles. The van der Waals surface area contributed by atoms with Crippen molar-refractivity contribution in [2.45, 2.75) is 20.4 Å². The van der Waals surface area contributed by atoms with Crippen LogP contribution in [0.25, 0.3) is 28.0 Å². The van der Waals surface area contributed by atoms with Gasteiger partial charge in [0.15, 0.2) is 17.5 Å². The van der Waals surface area contributed by atoms with Gasteiger partial charge in [0.1, 0.15) is 29.0 Å². The first-order chi connectivity index (χ1) is 20.8. The molecule has 0 radical (unpaired) electrons. The van der Waals surface area contributed by atoms with Gasteiger partial charge in [0.05, 0.1) is 18.3 Å². The van der Waals surface area contributed by atoms with Crippen LogP contribution in [0.15, 0.2) is 79.3 Å². The molecule has 6 aromatic rings. The summed E-state index contributed by atoms with van der Waals surface area (Å²) in [5, 5.41) is 3.32. The van der Waals surface area contributed by atoms with Crippen molar-refractivity contribution in [1.29, 1.82) is 0 Å². The van der Waals surface area contributed by atoms with E-state index in [0.717, 1.165) is 23.4 Å². The summed E-state index contributed by atoms with van der Waals surface area (Å²) in [7, 11) is 1.60. The molecule has 6 rings (SSSR count). The summed E-state index contributed by atoms with van der Waals surface area (Å²) in [6.07, 6.45) is 2.93. The van der Waals surface area contributed by atoms with Crippen molar-refractivity contribution in [3.63, 3.8) is 0 Å². The summed E-state index contributed by atoms with van der Waals surface area (Å²) >= 11 is 0. The zero-order valence-corrected chi connectivity index (χ0v) is 23.6. The zero-order valence-electron chi connectivity index (χ0n) is 23.6. The van der Waals surface area contributed by atoms with E-state index < -0.39 is 11.6 Å². The summed E-state index contributed by atoms with van der Waals surface area (Å²) in [5.41, 5.74) is 10.7. The van der Waals surface area contributed by atoms with Gasteiger partial charge in [0.25, 0.3) is 0 Å². The SMILES string of the molecule is COc1ccc(CNc2ncnc3c(C)c(-c4cccc(N)c4)n(-c4c(F)cc(Oc5nccc(C)n5)cc4F)c23)cc1. The Balaban J connectivity index is 1.52. The molecule has 9 nitrogen and oxygen atoms in total. The van der Waals surface area contributed by atoms with E-state index >= 15 is 8.78 Å². The number of benzene rings is 3. The average molecular weight is 580 g/mol. The second kappa shape index (κ2) is 11.4. The van der Waals surface area contributed by atoms with Crippen LogP contribution in [0.5, 0.6) is 17.5 Å². The maximum absolute atomic E-state index is 16.1. The number of aromatic nitrogens is 5. The smallest absolute Gasteiger partial charge is 0.322 e. The number of nitrogen functional groups attached to an aromatic ring is 1. The molecule has 43 heavy (non-hydrogen) atoms. The Morgan fingerprint density at radius 1 is 0.907 bits per heavy atom. The highest BCUT2D eigenvalue weighted by molar-refractivity contribution is 5.97. The number of nitrogens with one attached hydrogen (secondary N) is 1. The maximum atomic E-state index is 16.1. The van der Waals surface area contributed by atoms with Gasteiger partial charge in [0.2, 0.25) is 0 Å². The number of fused-ring (bicyclic) bond motifs is 1. The van der Waals surface area contributed by atoms with E-state index in [4.69, 9.17) is 15.2 Å². The number of hydrogen-bond donors (Lipinski definition) is 2. The lowest BCUT2D eigenvalue weighted by Crippen LogP contribution is -2.08. The monoisotopic (exact) mass is 579 g/mol. The van der Waals surface area contributed by atoms with Gasteiger partial charge in [-0.15, -0.1) is 0 Å². The first kappa shape index (κ1) is 27.6. The lowest BCUT2D eigenvalue weighted by atomic mass is 10.1. The summed E-state index contributed by atoms with van der Waals surface area (Å²) in [4.78, 5) is 17.2. The van der Waals surface area contributed by atoms with Crippen LogP contribution in [-0.2, 0) is 6.54 Å². The van der Waals surface area contributed by atoms with Gasteiger partial charge in [-0.05, 0) is 49.7 Å². The number of aryl methyl sites for hydroxylation is 2. The topological polar surface area (TPSA) is 113 Å². The number of ether oxygens (including phenoxy) is 2. The number of nitrogens with two attached hydrogens (primary N) is 1. The van der Waals surface area contributed by atoms with E-state index in [1.165, 1.54) is 17.1 Å². The molecule has 0 bridgehead atoms. The van der Waals surface area contributed by atoms with Crippen molar-refractivity contribution < 1.29 is 18.3 Å². The molecule has 3 N–H and O–H groups in total. The standard InChI is InChI=1S/C32H27F2N7O2/c1-18-11-12-36-32(40-18)43-24-14-25(33)29(26(34)15-24)41-28(21-5-4-6-22(35)13-21)19(2)27-30(41)31(39-17-38-27)37-16-20-7-9-23(42-3)10-8-20/h4-15,17H,16,35H2,1-3H3,(H,37,38,39). The van der Waals surface area contributed by atoms with Gasteiger partial charge >= 0.3 is 6.01 Å². The Morgan fingerprint density at radius 2 is 1.67 bits per heavy atom. The van der Waals surface area contributed by atoms with Crippen LogP contribution >= 0.6 is 0 Å². The highest BCUT2D eigenvalue weighted by Gasteiger charge is 2.26. The van der Waals surface area contributed by atoms with Gasteiger partial charge in [0, 0.05) is 47.4 Å². The third kappa shape index (κ3) is 5.40. The normalized spacial score (nSPS) is 11.1. The van der Waals surface area contributed by atoms with Crippen molar-refractivity contribution in [1.82, 2.24) is 24.5 Å². The lowest BCUT2D eigenvalue weighted by molar-refractivity contribution is 0.414. The van der Waals surface area contributed by atoms with Crippen LogP contribution in [0.3, 0.4) is 0 Å². The minimum absolute atomic E-state index is 0.0207. The van der Waals surface area contributed by atoms with Crippen molar-refractivity contribution in [3.05, 3.63) is 108 Å². The first-order valence-corrected chi connectivity index (χ1v) is 13.4. The first-order valence-electron chi connectivity index (χ1n) is 13.4. The molecule has 0 aliphatic carbocycles. The highest BCUT2D eigenvalue weighted by Crippen LogP contribution is 2.40. The summed E-state index contributed by atoms with van der Waals surface area (Å²) in [5.74, 6) is -0.690. The minimum atomic E-state index is -0.866. The third-order valence-electron chi connectivity index (χ3n) is 6.95. The number of hydrogen-bond acceptors (Lipinski definition) is 8. The van der Waals surface area contributed by atoms with Crippen LogP contribution < -0.4 is 20.5 Å².